The van der Waals surface area contributed by atoms with E-state index in [2.05, 4.69) is 23.7 Å². The number of hydrogen-bond acceptors (Lipinski definition) is 2. The third kappa shape index (κ3) is 4.79. The summed E-state index contributed by atoms with van der Waals surface area (Å²) >= 11 is 0. The largest absolute Gasteiger partial charge is 0.389 e. The number of aliphatic hydroxyl groups is 2. The van der Waals surface area contributed by atoms with E-state index in [1.807, 2.05) is 0 Å². The maximum absolute atomic E-state index is 9.26. The van der Waals surface area contributed by atoms with Crippen molar-refractivity contribution in [3.8, 4) is 23.7 Å². The summed E-state index contributed by atoms with van der Waals surface area (Å²) < 4.78 is 0. The molecule has 0 bridgehead atoms. The molecule has 0 heterocycles. The highest BCUT2D eigenvalue weighted by molar-refractivity contribution is 5.01. The Morgan fingerprint density at radius 2 is 1.25 bits per heavy atom. The van der Waals surface area contributed by atoms with Gasteiger partial charge in [-0.1, -0.05) is 0 Å². The van der Waals surface area contributed by atoms with Gasteiger partial charge in [0.2, 0.25) is 0 Å². The van der Waals surface area contributed by atoms with E-state index < -0.39 is 12.2 Å². The Hall–Kier alpha value is -0.960. The minimum atomic E-state index is -0.779. The van der Waals surface area contributed by atoms with Crippen molar-refractivity contribution in [3.05, 3.63) is 0 Å². The SMILES string of the molecule is CC#CCC(O)C(O)CC#CC. The van der Waals surface area contributed by atoms with Crippen molar-refractivity contribution in [2.24, 2.45) is 0 Å². The van der Waals surface area contributed by atoms with Crippen molar-refractivity contribution >= 4 is 0 Å². The summed E-state index contributed by atoms with van der Waals surface area (Å²) in [6.07, 6.45) is -0.942. The summed E-state index contributed by atoms with van der Waals surface area (Å²) in [5.74, 6) is 10.7. The Morgan fingerprint density at radius 1 is 0.917 bits per heavy atom. The fourth-order valence-electron chi connectivity index (χ4n) is 0.685. The van der Waals surface area contributed by atoms with E-state index >= 15 is 0 Å². The van der Waals surface area contributed by atoms with Crippen LogP contribution in [-0.2, 0) is 0 Å². The molecule has 2 heteroatoms. The number of hydrogen-bond donors (Lipinski definition) is 2. The molecule has 2 atom stereocenters. The van der Waals surface area contributed by atoms with Gasteiger partial charge < -0.3 is 10.2 Å². The van der Waals surface area contributed by atoms with E-state index in [0.29, 0.717) is 12.8 Å². The Balaban J connectivity index is 3.78. The van der Waals surface area contributed by atoms with E-state index in [1.165, 1.54) is 0 Å². The molecule has 66 valence electrons. The topological polar surface area (TPSA) is 40.5 Å². The highest BCUT2D eigenvalue weighted by Crippen LogP contribution is 2.01. The van der Waals surface area contributed by atoms with E-state index in [0.717, 1.165) is 0 Å². The van der Waals surface area contributed by atoms with Crippen LogP contribution in [0.25, 0.3) is 0 Å². The van der Waals surface area contributed by atoms with Crippen molar-refractivity contribution in [2.75, 3.05) is 0 Å². The van der Waals surface area contributed by atoms with Gasteiger partial charge in [-0.3, -0.25) is 0 Å². The normalized spacial score (nSPS) is 13.3. The van der Waals surface area contributed by atoms with Gasteiger partial charge in [-0.15, -0.1) is 23.7 Å². The van der Waals surface area contributed by atoms with Crippen LogP contribution in [0.15, 0.2) is 0 Å². The molecule has 0 aromatic rings. The van der Waals surface area contributed by atoms with Gasteiger partial charge in [-0.05, 0) is 13.8 Å². The van der Waals surface area contributed by atoms with Crippen molar-refractivity contribution in [1.82, 2.24) is 0 Å². The maximum Gasteiger partial charge on any atom is 0.0917 e. The summed E-state index contributed by atoms with van der Waals surface area (Å²) in [7, 11) is 0. The van der Waals surface area contributed by atoms with Gasteiger partial charge in [0.1, 0.15) is 0 Å². The van der Waals surface area contributed by atoms with Crippen molar-refractivity contribution in [2.45, 2.75) is 38.9 Å². The lowest BCUT2D eigenvalue weighted by Gasteiger charge is -2.11. The first-order valence-corrected chi connectivity index (χ1v) is 3.87. The molecule has 2 N–H and O–H groups in total. The zero-order valence-electron chi connectivity index (χ0n) is 7.46. The van der Waals surface area contributed by atoms with Crippen molar-refractivity contribution in [3.63, 3.8) is 0 Å². The zero-order chi connectivity index (χ0) is 9.40. The average Bonchev–Trinajstić information content (AvgIpc) is 2.10. The van der Waals surface area contributed by atoms with Crippen LogP contribution in [-0.4, -0.2) is 22.4 Å². The Bertz CT molecular complexity index is 198. The van der Waals surface area contributed by atoms with Gasteiger partial charge >= 0.3 is 0 Å². The summed E-state index contributed by atoms with van der Waals surface area (Å²) in [5, 5.41) is 18.5. The monoisotopic (exact) mass is 166 g/mol. The van der Waals surface area contributed by atoms with E-state index in [4.69, 9.17) is 0 Å². The van der Waals surface area contributed by atoms with Crippen LogP contribution < -0.4 is 0 Å². The predicted octanol–water partition coefficient (Wildman–Crippen LogP) is 0.535. The predicted molar refractivity (Wildman–Crippen MR) is 48.1 cm³/mol. The van der Waals surface area contributed by atoms with Crippen molar-refractivity contribution < 1.29 is 10.2 Å². The van der Waals surface area contributed by atoms with Crippen LogP contribution in [0, 0.1) is 23.7 Å². The first-order valence-electron chi connectivity index (χ1n) is 3.87. The van der Waals surface area contributed by atoms with Crippen LogP contribution in [0.4, 0.5) is 0 Å². The summed E-state index contributed by atoms with van der Waals surface area (Å²) in [5.41, 5.74) is 0. The summed E-state index contributed by atoms with van der Waals surface area (Å²) in [4.78, 5) is 0. The molecule has 0 saturated carbocycles. The molecule has 0 rings (SSSR count). The minimum Gasteiger partial charge on any atom is -0.389 e. The van der Waals surface area contributed by atoms with E-state index in [-0.39, 0.29) is 0 Å². The molecule has 0 radical (unpaired) electrons. The van der Waals surface area contributed by atoms with Gasteiger partial charge in [0, 0.05) is 12.8 Å². The van der Waals surface area contributed by atoms with Crippen molar-refractivity contribution in [1.29, 1.82) is 0 Å². The fourth-order valence-corrected chi connectivity index (χ4v) is 0.685. The smallest absolute Gasteiger partial charge is 0.0917 e. The molecule has 0 spiro atoms. The zero-order valence-corrected chi connectivity index (χ0v) is 7.46. The Kier molecular flexibility index (Phi) is 6.19. The lowest BCUT2D eigenvalue weighted by molar-refractivity contribution is 0.0264. The standard InChI is InChI=1S/C10H14O2/c1-3-5-7-9(11)10(12)8-6-4-2/h9-12H,7-8H2,1-2H3. The van der Waals surface area contributed by atoms with E-state index in [1.54, 1.807) is 13.8 Å². The second kappa shape index (κ2) is 6.73. The maximum atomic E-state index is 9.26. The van der Waals surface area contributed by atoms with Gasteiger partial charge in [-0.2, -0.15) is 0 Å². The van der Waals surface area contributed by atoms with Crippen LogP contribution in [0.1, 0.15) is 26.7 Å². The third-order valence-corrected chi connectivity index (χ3v) is 1.42. The molecule has 0 aliphatic rings. The fraction of sp³-hybridized carbons (Fsp3) is 0.600. The van der Waals surface area contributed by atoms with Crippen LogP contribution in [0.5, 0.6) is 0 Å². The highest BCUT2D eigenvalue weighted by Gasteiger charge is 2.12. The molecule has 0 aromatic heterocycles. The van der Waals surface area contributed by atoms with Crippen LogP contribution >= 0.6 is 0 Å². The molecule has 0 fully saturated rings. The van der Waals surface area contributed by atoms with E-state index in [9.17, 15) is 10.2 Å². The molecule has 12 heavy (non-hydrogen) atoms. The van der Waals surface area contributed by atoms with Gasteiger partial charge in [0.05, 0.1) is 12.2 Å². The lowest BCUT2D eigenvalue weighted by atomic mass is 10.1. The summed E-state index contributed by atoms with van der Waals surface area (Å²) in [6, 6.07) is 0. The van der Waals surface area contributed by atoms with Crippen LogP contribution in [0.3, 0.4) is 0 Å². The first kappa shape index (κ1) is 11.0. The second-order valence-corrected chi connectivity index (χ2v) is 2.40. The quantitative estimate of drug-likeness (QED) is 0.601. The molecular formula is C10H14O2. The molecule has 2 nitrogen and oxygen atoms in total. The molecule has 0 aliphatic heterocycles. The number of aliphatic hydroxyl groups excluding tert-OH is 2. The first-order chi connectivity index (χ1) is 5.72. The van der Waals surface area contributed by atoms with Crippen LogP contribution in [0.2, 0.25) is 0 Å². The minimum absolute atomic E-state index is 0.309. The van der Waals surface area contributed by atoms with Gasteiger partial charge in [-0.25, -0.2) is 0 Å². The second-order valence-electron chi connectivity index (χ2n) is 2.40. The lowest BCUT2D eigenvalue weighted by Crippen LogP contribution is -2.24. The van der Waals surface area contributed by atoms with Gasteiger partial charge in [0.25, 0.3) is 0 Å². The number of rotatable bonds is 3. The molecule has 0 aromatic carbocycles. The molecule has 0 saturated heterocycles. The Morgan fingerprint density at radius 3 is 1.50 bits per heavy atom. The molecule has 0 aliphatic carbocycles. The third-order valence-electron chi connectivity index (χ3n) is 1.42. The molecule has 2 unspecified atom stereocenters. The Labute approximate surface area is 73.6 Å². The average molecular weight is 166 g/mol. The summed E-state index contributed by atoms with van der Waals surface area (Å²) in [6.45, 7) is 3.40. The molecular weight excluding hydrogens is 152 g/mol. The highest BCUT2D eigenvalue weighted by atomic mass is 16.3. The molecule has 0 amide bonds. The van der Waals surface area contributed by atoms with Gasteiger partial charge in [0.15, 0.2) is 0 Å².